The minimum Gasteiger partial charge on any atom is -0.496 e. The van der Waals surface area contributed by atoms with E-state index in [1.54, 1.807) is 39.0 Å². The molecule has 1 rings (SSSR count). The maximum atomic E-state index is 11.7. The van der Waals surface area contributed by atoms with Crippen molar-refractivity contribution in [2.75, 3.05) is 12.4 Å². The fourth-order valence-electron chi connectivity index (χ4n) is 1.68. The Morgan fingerprint density at radius 3 is 2.67 bits per heavy atom. The summed E-state index contributed by atoms with van der Waals surface area (Å²) in [5, 5.41) is 21.0. The molecule has 0 bridgehead atoms. The molecule has 1 amide bonds. The van der Waals surface area contributed by atoms with E-state index < -0.39 is 17.8 Å². The van der Waals surface area contributed by atoms with Crippen molar-refractivity contribution in [3.8, 4) is 11.8 Å². The highest BCUT2D eigenvalue weighted by Crippen LogP contribution is 2.30. The first-order valence-electron chi connectivity index (χ1n) is 6.50. The Morgan fingerprint density at radius 2 is 2.14 bits per heavy atom. The number of methoxy groups -OCH3 is 1. The van der Waals surface area contributed by atoms with E-state index in [0.29, 0.717) is 17.0 Å². The SMILES string of the molecule is COc1cc(NC(=O)OC(C)(C)C)ccc1C(O)CC#N. The second kappa shape index (κ2) is 6.95. The fraction of sp³-hybridized carbons (Fsp3) is 0.467. The summed E-state index contributed by atoms with van der Waals surface area (Å²) in [6, 6.07) is 6.68. The number of anilines is 1. The van der Waals surface area contributed by atoms with Crippen molar-refractivity contribution < 1.29 is 19.4 Å². The number of nitrogens with one attached hydrogen (secondary N) is 1. The van der Waals surface area contributed by atoms with Crippen LogP contribution < -0.4 is 10.1 Å². The minimum absolute atomic E-state index is 0.0325. The highest BCUT2D eigenvalue weighted by molar-refractivity contribution is 5.85. The molecule has 0 aliphatic carbocycles. The molecule has 1 aromatic rings. The molecule has 1 atom stereocenters. The first kappa shape index (κ1) is 16.8. The Labute approximate surface area is 124 Å². The molecule has 114 valence electrons. The third-order valence-electron chi connectivity index (χ3n) is 2.52. The normalized spacial score (nSPS) is 12.2. The highest BCUT2D eigenvalue weighted by Gasteiger charge is 2.18. The van der Waals surface area contributed by atoms with Gasteiger partial charge in [0, 0.05) is 17.3 Å². The van der Waals surface area contributed by atoms with Gasteiger partial charge in [0.15, 0.2) is 0 Å². The van der Waals surface area contributed by atoms with Crippen molar-refractivity contribution >= 4 is 11.8 Å². The lowest BCUT2D eigenvalue weighted by Gasteiger charge is -2.20. The summed E-state index contributed by atoms with van der Waals surface area (Å²) >= 11 is 0. The van der Waals surface area contributed by atoms with Crippen molar-refractivity contribution in [3.63, 3.8) is 0 Å². The Balaban J connectivity index is 2.88. The van der Waals surface area contributed by atoms with E-state index in [4.69, 9.17) is 14.7 Å². The molecule has 0 radical (unpaired) electrons. The van der Waals surface area contributed by atoms with Crippen LogP contribution in [-0.2, 0) is 4.74 Å². The molecule has 21 heavy (non-hydrogen) atoms. The third kappa shape index (κ3) is 5.32. The summed E-state index contributed by atoms with van der Waals surface area (Å²) < 4.78 is 10.3. The van der Waals surface area contributed by atoms with Crippen LogP contribution in [0.5, 0.6) is 5.75 Å². The number of aliphatic hydroxyl groups is 1. The average Bonchev–Trinajstić information content (AvgIpc) is 2.36. The molecule has 0 aliphatic heterocycles. The predicted octanol–water partition coefficient (Wildman–Crippen LogP) is 2.99. The van der Waals surface area contributed by atoms with Crippen LogP contribution in [0.2, 0.25) is 0 Å². The number of carbonyl (C=O) groups is 1. The van der Waals surface area contributed by atoms with Crippen LogP contribution in [0.4, 0.5) is 10.5 Å². The van der Waals surface area contributed by atoms with Crippen molar-refractivity contribution in [2.24, 2.45) is 0 Å². The quantitative estimate of drug-likeness (QED) is 0.890. The molecule has 6 nitrogen and oxygen atoms in total. The van der Waals surface area contributed by atoms with Gasteiger partial charge in [-0.3, -0.25) is 5.32 Å². The van der Waals surface area contributed by atoms with Gasteiger partial charge in [-0.1, -0.05) is 6.07 Å². The first-order valence-corrected chi connectivity index (χ1v) is 6.50. The molecule has 0 aromatic heterocycles. The monoisotopic (exact) mass is 292 g/mol. The molecule has 2 N–H and O–H groups in total. The number of nitriles is 1. The third-order valence-corrected chi connectivity index (χ3v) is 2.52. The number of carbonyl (C=O) groups excluding carboxylic acids is 1. The van der Waals surface area contributed by atoms with Crippen LogP contribution in [0.1, 0.15) is 38.9 Å². The van der Waals surface area contributed by atoms with E-state index in [1.807, 2.05) is 6.07 Å². The van der Waals surface area contributed by atoms with Gasteiger partial charge in [-0.05, 0) is 26.8 Å². The zero-order valence-corrected chi connectivity index (χ0v) is 12.6. The first-order chi connectivity index (χ1) is 9.76. The summed E-state index contributed by atoms with van der Waals surface area (Å²) in [6.45, 7) is 5.32. The number of nitrogens with zero attached hydrogens (tertiary/aromatic N) is 1. The number of benzene rings is 1. The Kier molecular flexibility index (Phi) is 5.56. The number of hydrogen-bond acceptors (Lipinski definition) is 5. The summed E-state index contributed by atoms with van der Waals surface area (Å²) in [5.41, 5.74) is 0.389. The Morgan fingerprint density at radius 1 is 1.48 bits per heavy atom. The molecule has 6 heteroatoms. The minimum atomic E-state index is -0.930. The van der Waals surface area contributed by atoms with Crippen LogP contribution in [0, 0.1) is 11.3 Å². The van der Waals surface area contributed by atoms with Crippen molar-refractivity contribution in [3.05, 3.63) is 23.8 Å². The average molecular weight is 292 g/mol. The van der Waals surface area contributed by atoms with Gasteiger partial charge >= 0.3 is 6.09 Å². The standard InChI is InChI=1S/C15H20N2O4/c1-15(2,3)21-14(19)17-10-5-6-11(12(18)7-8-16)13(9-10)20-4/h5-6,9,12,18H,7H2,1-4H3,(H,17,19). The van der Waals surface area contributed by atoms with Crippen molar-refractivity contribution in [2.45, 2.75) is 38.9 Å². The van der Waals surface area contributed by atoms with Crippen LogP contribution in [0.25, 0.3) is 0 Å². The maximum absolute atomic E-state index is 11.7. The molecule has 0 saturated carbocycles. The van der Waals surface area contributed by atoms with Crippen LogP contribution in [-0.4, -0.2) is 23.9 Å². The molecule has 0 heterocycles. The number of hydrogen-bond donors (Lipinski definition) is 2. The molecular weight excluding hydrogens is 272 g/mol. The van der Waals surface area contributed by atoms with Gasteiger partial charge in [-0.25, -0.2) is 4.79 Å². The fourth-order valence-corrected chi connectivity index (χ4v) is 1.68. The zero-order valence-electron chi connectivity index (χ0n) is 12.6. The molecule has 0 spiro atoms. The van der Waals surface area contributed by atoms with E-state index in [9.17, 15) is 9.90 Å². The van der Waals surface area contributed by atoms with Gasteiger partial charge in [-0.15, -0.1) is 0 Å². The van der Waals surface area contributed by atoms with Gasteiger partial charge < -0.3 is 14.6 Å². The van der Waals surface area contributed by atoms with Crippen LogP contribution >= 0.6 is 0 Å². The second-order valence-corrected chi connectivity index (χ2v) is 5.46. The summed E-state index contributed by atoms with van der Waals surface area (Å²) in [7, 11) is 1.45. The molecule has 1 unspecified atom stereocenters. The smallest absolute Gasteiger partial charge is 0.412 e. The number of ether oxygens (including phenoxy) is 2. The molecular formula is C15H20N2O4. The topological polar surface area (TPSA) is 91.6 Å². The van der Waals surface area contributed by atoms with Gasteiger partial charge in [-0.2, -0.15) is 5.26 Å². The highest BCUT2D eigenvalue weighted by atomic mass is 16.6. The predicted molar refractivity (Wildman–Crippen MR) is 78.0 cm³/mol. The van der Waals surface area contributed by atoms with Crippen LogP contribution in [0.3, 0.4) is 0 Å². The lowest BCUT2D eigenvalue weighted by molar-refractivity contribution is 0.0636. The zero-order chi connectivity index (χ0) is 16.0. The Bertz CT molecular complexity index is 544. The van der Waals surface area contributed by atoms with E-state index >= 15 is 0 Å². The van der Waals surface area contributed by atoms with Crippen molar-refractivity contribution in [1.82, 2.24) is 0 Å². The summed E-state index contributed by atoms with van der Waals surface area (Å²) in [4.78, 5) is 11.7. The number of amides is 1. The van der Waals surface area contributed by atoms with E-state index in [0.717, 1.165) is 0 Å². The van der Waals surface area contributed by atoms with E-state index in [2.05, 4.69) is 5.32 Å². The molecule has 1 aromatic carbocycles. The van der Waals surface area contributed by atoms with Gasteiger partial charge in [0.2, 0.25) is 0 Å². The van der Waals surface area contributed by atoms with E-state index in [1.165, 1.54) is 7.11 Å². The molecule has 0 aliphatic rings. The summed E-state index contributed by atoms with van der Waals surface area (Å²) in [6.07, 6.45) is -1.54. The van der Waals surface area contributed by atoms with Gasteiger partial charge in [0.1, 0.15) is 11.4 Å². The van der Waals surface area contributed by atoms with Gasteiger partial charge in [0.25, 0.3) is 0 Å². The van der Waals surface area contributed by atoms with Crippen LogP contribution in [0.15, 0.2) is 18.2 Å². The number of aliphatic hydroxyl groups excluding tert-OH is 1. The number of rotatable bonds is 4. The van der Waals surface area contributed by atoms with Gasteiger partial charge in [0.05, 0.1) is 25.7 Å². The maximum Gasteiger partial charge on any atom is 0.412 e. The lowest BCUT2D eigenvalue weighted by atomic mass is 10.1. The summed E-state index contributed by atoms with van der Waals surface area (Å²) in [5.74, 6) is 0.395. The molecule has 0 fully saturated rings. The Hall–Kier alpha value is -2.26. The second-order valence-electron chi connectivity index (χ2n) is 5.46. The van der Waals surface area contributed by atoms with Crippen molar-refractivity contribution in [1.29, 1.82) is 5.26 Å². The lowest BCUT2D eigenvalue weighted by Crippen LogP contribution is -2.27. The molecule has 0 saturated heterocycles. The largest absolute Gasteiger partial charge is 0.496 e. The van der Waals surface area contributed by atoms with E-state index in [-0.39, 0.29) is 6.42 Å².